The van der Waals surface area contributed by atoms with Crippen LogP contribution in [0.3, 0.4) is 0 Å². The molecule has 0 aliphatic carbocycles. The third-order valence-corrected chi connectivity index (χ3v) is 3.69. The fourth-order valence-corrected chi connectivity index (χ4v) is 2.59. The van der Waals surface area contributed by atoms with Crippen molar-refractivity contribution in [3.8, 4) is 6.07 Å². The summed E-state index contributed by atoms with van der Waals surface area (Å²) in [6.07, 6.45) is 1.16. The molecule has 1 aromatic carbocycles. The van der Waals surface area contributed by atoms with Gasteiger partial charge in [0.1, 0.15) is 6.07 Å². The van der Waals surface area contributed by atoms with Crippen LogP contribution in [0.5, 0.6) is 0 Å². The molecule has 102 valence electrons. The van der Waals surface area contributed by atoms with Crippen LogP contribution >= 0.6 is 0 Å². The van der Waals surface area contributed by atoms with Crippen LogP contribution < -0.4 is 10.5 Å². The molecule has 3 N–H and O–H groups in total. The van der Waals surface area contributed by atoms with Crippen LogP contribution in [0.25, 0.3) is 0 Å². The number of nitrogens with one attached hydrogen (secondary N) is 1. The zero-order valence-electron chi connectivity index (χ0n) is 10.0. The summed E-state index contributed by atoms with van der Waals surface area (Å²) in [5.74, 6) is -0.978. The summed E-state index contributed by atoms with van der Waals surface area (Å²) >= 11 is 0. The van der Waals surface area contributed by atoms with E-state index in [4.69, 9.17) is 11.0 Å². The van der Waals surface area contributed by atoms with E-state index in [0.29, 0.717) is 5.69 Å². The minimum absolute atomic E-state index is 0.00625. The summed E-state index contributed by atoms with van der Waals surface area (Å²) in [5, 5.41) is 8.20. The lowest BCUT2D eigenvalue weighted by atomic mass is 10.2. The Hall–Kier alpha value is -2.66. The fraction of sp³-hybridized carbons (Fsp3) is 0. The van der Waals surface area contributed by atoms with Gasteiger partial charge in [0, 0.05) is 11.9 Å². The highest BCUT2D eigenvalue weighted by Crippen LogP contribution is 2.22. The first kappa shape index (κ1) is 13.8. The highest BCUT2D eigenvalue weighted by atomic mass is 32.2. The molecular weight excluding hydrogens is 283 g/mol. The SMILES string of the molecule is N#Cc1cc(N)ccc1NS(=O)(=O)c1ncccc1F. The van der Waals surface area contributed by atoms with Crippen molar-refractivity contribution < 1.29 is 12.8 Å². The van der Waals surface area contributed by atoms with E-state index in [2.05, 4.69) is 9.71 Å². The lowest BCUT2D eigenvalue weighted by Gasteiger charge is -2.09. The Kier molecular flexibility index (Phi) is 3.54. The number of benzene rings is 1. The van der Waals surface area contributed by atoms with Crippen molar-refractivity contribution in [2.24, 2.45) is 0 Å². The molecule has 0 fully saturated rings. The molecule has 2 rings (SSSR count). The first-order chi connectivity index (χ1) is 9.44. The van der Waals surface area contributed by atoms with Gasteiger partial charge in [-0.1, -0.05) is 0 Å². The summed E-state index contributed by atoms with van der Waals surface area (Å²) < 4.78 is 39.6. The zero-order chi connectivity index (χ0) is 14.8. The maximum Gasteiger partial charge on any atom is 0.282 e. The van der Waals surface area contributed by atoms with Crippen molar-refractivity contribution in [2.45, 2.75) is 5.03 Å². The first-order valence-corrected chi connectivity index (χ1v) is 6.85. The average Bonchev–Trinajstić information content (AvgIpc) is 2.41. The van der Waals surface area contributed by atoms with Crippen molar-refractivity contribution in [2.75, 3.05) is 10.5 Å². The molecule has 0 spiro atoms. The number of halogens is 1. The summed E-state index contributed by atoms with van der Waals surface area (Å²) in [7, 11) is -4.22. The Bertz CT molecular complexity index is 799. The Labute approximate surface area is 114 Å². The van der Waals surface area contributed by atoms with Crippen molar-refractivity contribution in [1.29, 1.82) is 5.26 Å². The number of hydrogen-bond acceptors (Lipinski definition) is 5. The number of anilines is 2. The van der Waals surface area contributed by atoms with E-state index in [0.717, 1.165) is 12.3 Å². The van der Waals surface area contributed by atoms with E-state index in [1.54, 1.807) is 6.07 Å². The highest BCUT2D eigenvalue weighted by molar-refractivity contribution is 7.92. The number of nitriles is 1. The van der Waals surface area contributed by atoms with Gasteiger partial charge in [0.05, 0.1) is 11.3 Å². The molecule has 0 aliphatic heterocycles. The quantitative estimate of drug-likeness (QED) is 0.833. The number of sulfonamides is 1. The molecule has 0 radical (unpaired) electrons. The smallest absolute Gasteiger partial charge is 0.282 e. The summed E-state index contributed by atoms with van der Waals surface area (Å²) in [5.41, 5.74) is 5.85. The lowest BCUT2D eigenvalue weighted by molar-refractivity contribution is 0.557. The molecule has 0 atom stereocenters. The van der Waals surface area contributed by atoms with Crippen molar-refractivity contribution in [1.82, 2.24) is 4.98 Å². The largest absolute Gasteiger partial charge is 0.399 e. The molecule has 0 amide bonds. The molecule has 2 aromatic rings. The van der Waals surface area contributed by atoms with E-state index in [9.17, 15) is 12.8 Å². The van der Waals surface area contributed by atoms with Crippen molar-refractivity contribution in [3.05, 3.63) is 47.9 Å². The van der Waals surface area contributed by atoms with Crippen molar-refractivity contribution in [3.63, 3.8) is 0 Å². The molecule has 6 nitrogen and oxygen atoms in total. The monoisotopic (exact) mass is 292 g/mol. The van der Waals surface area contributed by atoms with Crippen molar-refractivity contribution >= 4 is 21.4 Å². The van der Waals surface area contributed by atoms with Crippen LogP contribution in [0.4, 0.5) is 15.8 Å². The second-order valence-electron chi connectivity index (χ2n) is 3.81. The predicted octanol–water partition coefficient (Wildman–Crippen LogP) is 1.48. The topological polar surface area (TPSA) is 109 Å². The fourth-order valence-electron chi connectivity index (χ4n) is 1.51. The molecule has 1 heterocycles. The molecular formula is C12H9FN4O2S. The number of rotatable bonds is 3. The predicted molar refractivity (Wildman–Crippen MR) is 70.6 cm³/mol. The minimum atomic E-state index is -4.22. The number of nitrogen functional groups attached to an aromatic ring is 1. The van der Waals surface area contributed by atoms with Gasteiger partial charge >= 0.3 is 0 Å². The normalized spacial score (nSPS) is 10.8. The Balaban J connectivity index is 2.45. The molecule has 0 bridgehead atoms. The number of aromatic nitrogens is 1. The van der Waals surface area contributed by atoms with Gasteiger partial charge < -0.3 is 5.73 Å². The molecule has 0 unspecified atom stereocenters. The van der Waals surface area contributed by atoms with E-state index >= 15 is 0 Å². The van der Waals surface area contributed by atoms with Crippen LogP contribution in [0, 0.1) is 17.1 Å². The minimum Gasteiger partial charge on any atom is -0.399 e. The summed E-state index contributed by atoms with van der Waals surface area (Å²) in [4.78, 5) is 3.49. The van der Waals surface area contributed by atoms with Crippen LogP contribution in [0.1, 0.15) is 5.56 Å². The molecule has 20 heavy (non-hydrogen) atoms. The van der Waals surface area contributed by atoms with E-state index < -0.39 is 20.9 Å². The summed E-state index contributed by atoms with van der Waals surface area (Å²) in [6, 6.07) is 8.12. The number of pyridine rings is 1. The zero-order valence-corrected chi connectivity index (χ0v) is 10.9. The van der Waals surface area contributed by atoms with Crippen LogP contribution in [-0.4, -0.2) is 13.4 Å². The van der Waals surface area contributed by atoms with Gasteiger partial charge in [-0.2, -0.15) is 13.7 Å². The van der Waals surface area contributed by atoms with Crippen LogP contribution in [0.2, 0.25) is 0 Å². The van der Waals surface area contributed by atoms with E-state index in [1.165, 1.54) is 24.3 Å². The summed E-state index contributed by atoms with van der Waals surface area (Å²) in [6.45, 7) is 0. The van der Waals surface area contributed by atoms with E-state index in [-0.39, 0.29) is 11.3 Å². The van der Waals surface area contributed by atoms with Gasteiger partial charge in [-0.25, -0.2) is 9.37 Å². The third kappa shape index (κ3) is 2.67. The Morgan fingerprint density at radius 1 is 1.35 bits per heavy atom. The van der Waals surface area contributed by atoms with E-state index in [1.807, 2.05) is 0 Å². The van der Waals surface area contributed by atoms with Gasteiger partial charge in [0.25, 0.3) is 10.0 Å². The standard InChI is InChI=1S/C12H9FN4O2S/c13-10-2-1-5-16-12(10)20(18,19)17-11-4-3-9(15)6-8(11)7-14/h1-6,17H,15H2. The molecule has 0 saturated carbocycles. The van der Waals surface area contributed by atoms with Crippen LogP contribution in [-0.2, 0) is 10.0 Å². The molecule has 1 aromatic heterocycles. The van der Waals surface area contributed by atoms with Gasteiger partial charge in [0.2, 0.25) is 5.03 Å². The van der Waals surface area contributed by atoms with Gasteiger partial charge in [-0.3, -0.25) is 4.72 Å². The maximum absolute atomic E-state index is 13.5. The molecule has 8 heteroatoms. The first-order valence-electron chi connectivity index (χ1n) is 5.37. The Morgan fingerprint density at radius 2 is 2.10 bits per heavy atom. The van der Waals surface area contributed by atoms with Crippen LogP contribution in [0.15, 0.2) is 41.6 Å². The van der Waals surface area contributed by atoms with Gasteiger partial charge in [-0.05, 0) is 30.3 Å². The molecule has 0 saturated heterocycles. The van der Waals surface area contributed by atoms with Gasteiger partial charge in [-0.15, -0.1) is 0 Å². The average molecular weight is 292 g/mol. The second-order valence-corrected chi connectivity index (χ2v) is 5.41. The number of nitrogens with two attached hydrogens (primary N) is 1. The third-order valence-electron chi connectivity index (χ3n) is 2.39. The second kappa shape index (κ2) is 5.14. The Morgan fingerprint density at radius 3 is 2.75 bits per heavy atom. The highest BCUT2D eigenvalue weighted by Gasteiger charge is 2.21. The molecule has 0 aliphatic rings. The number of hydrogen-bond donors (Lipinski definition) is 2. The lowest BCUT2D eigenvalue weighted by Crippen LogP contribution is -2.17. The van der Waals surface area contributed by atoms with Gasteiger partial charge in [0.15, 0.2) is 5.82 Å². The maximum atomic E-state index is 13.5. The number of nitrogens with zero attached hydrogens (tertiary/aromatic N) is 2.